The van der Waals surface area contributed by atoms with Crippen molar-refractivity contribution in [3.05, 3.63) is 42.1 Å². The van der Waals surface area contributed by atoms with Crippen molar-refractivity contribution in [2.24, 2.45) is 4.99 Å². The highest BCUT2D eigenvalue weighted by atomic mass is 16.5. The summed E-state index contributed by atoms with van der Waals surface area (Å²) in [5, 5.41) is 9.69. The molecule has 2 aromatic rings. The van der Waals surface area contributed by atoms with Gasteiger partial charge in [0.15, 0.2) is 0 Å². The van der Waals surface area contributed by atoms with Crippen LogP contribution in [0.3, 0.4) is 0 Å². The molecule has 1 aromatic heterocycles. The third-order valence-electron chi connectivity index (χ3n) is 2.56. The molecule has 0 aliphatic carbocycles. The van der Waals surface area contributed by atoms with E-state index in [-0.39, 0.29) is 0 Å². The summed E-state index contributed by atoms with van der Waals surface area (Å²) in [4.78, 5) is 7.99. The Balaban J connectivity index is 2.37. The van der Waals surface area contributed by atoms with Crippen molar-refractivity contribution < 1.29 is 4.74 Å². The highest BCUT2D eigenvalue weighted by Crippen LogP contribution is 2.17. The van der Waals surface area contributed by atoms with E-state index < -0.39 is 0 Å². The molecule has 0 fully saturated rings. The van der Waals surface area contributed by atoms with E-state index in [4.69, 9.17) is 10.00 Å². The SMILES string of the molecule is CCO/C(Cc1cccc2ncccc12)=N/C#N. The lowest BCUT2D eigenvalue weighted by atomic mass is 10.1. The first kappa shape index (κ1) is 12.1. The van der Waals surface area contributed by atoms with Crippen LogP contribution in [-0.4, -0.2) is 17.5 Å². The van der Waals surface area contributed by atoms with Crippen LogP contribution in [0.25, 0.3) is 10.9 Å². The summed E-state index contributed by atoms with van der Waals surface area (Å²) >= 11 is 0. The van der Waals surface area contributed by atoms with E-state index in [9.17, 15) is 0 Å². The molecule has 0 N–H and O–H groups in total. The van der Waals surface area contributed by atoms with Crippen LogP contribution in [-0.2, 0) is 11.2 Å². The smallest absolute Gasteiger partial charge is 0.208 e. The van der Waals surface area contributed by atoms with E-state index in [0.29, 0.717) is 18.9 Å². The van der Waals surface area contributed by atoms with Crippen molar-refractivity contribution in [1.29, 1.82) is 5.26 Å². The number of nitriles is 1. The van der Waals surface area contributed by atoms with E-state index in [0.717, 1.165) is 16.5 Å². The lowest BCUT2D eigenvalue weighted by molar-refractivity contribution is 0.320. The van der Waals surface area contributed by atoms with Crippen LogP contribution in [0.15, 0.2) is 41.5 Å². The molecule has 0 aliphatic rings. The van der Waals surface area contributed by atoms with Gasteiger partial charge in [0.2, 0.25) is 12.1 Å². The summed E-state index contributed by atoms with van der Waals surface area (Å²) in [6.07, 6.45) is 4.04. The molecule has 1 heterocycles. The number of ether oxygens (including phenoxy) is 1. The van der Waals surface area contributed by atoms with Gasteiger partial charge in [0.05, 0.1) is 18.5 Å². The maximum atomic E-state index is 8.62. The summed E-state index contributed by atoms with van der Waals surface area (Å²) in [5.74, 6) is 0.441. The van der Waals surface area contributed by atoms with Gasteiger partial charge in [-0.25, -0.2) is 0 Å². The lowest BCUT2D eigenvalue weighted by Gasteiger charge is -2.08. The quantitative estimate of drug-likeness (QED) is 0.470. The summed E-state index contributed by atoms with van der Waals surface area (Å²) in [6.45, 7) is 2.38. The highest BCUT2D eigenvalue weighted by molar-refractivity contribution is 5.88. The minimum absolute atomic E-state index is 0.441. The van der Waals surface area contributed by atoms with Gasteiger partial charge in [0, 0.05) is 11.6 Å². The number of nitrogens with zero attached hydrogens (tertiary/aromatic N) is 3. The molecule has 0 spiro atoms. The lowest BCUT2D eigenvalue weighted by Crippen LogP contribution is -2.08. The zero-order valence-electron chi connectivity index (χ0n) is 10.1. The summed E-state index contributed by atoms with van der Waals surface area (Å²) < 4.78 is 5.34. The van der Waals surface area contributed by atoms with Gasteiger partial charge in [0.1, 0.15) is 0 Å². The van der Waals surface area contributed by atoms with E-state index >= 15 is 0 Å². The Labute approximate surface area is 106 Å². The molecular formula is C14H13N3O. The summed E-state index contributed by atoms with van der Waals surface area (Å²) in [6, 6.07) is 9.80. The fourth-order valence-corrected chi connectivity index (χ4v) is 1.83. The Bertz CT molecular complexity index is 608. The van der Waals surface area contributed by atoms with Gasteiger partial charge in [-0.3, -0.25) is 4.98 Å². The topological polar surface area (TPSA) is 58.3 Å². The average molecular weight is 239 g/mol. The van der Waals surface area contributed by atoms with Gasteiger partial charge in [-0.2, -0.15) is 5.26 Å². The Hall–Kier alpha value is -2.41. The number of aliphatic imine (C=N–C) groups is 1. The number of fused-ring (bicyclic) bond motifs is 1. The second kappa shape index (κ2) is 5.78. The van der Waals surface area contributed by atoms with Gasteiger partial charge in [0.25, 0.3) is 0 Å². The predicted molar refractivity (Wildman–Crippen MR) is 70.1 cm³/mol. The molecule has 18 heavy (non-hydrogen) atoms. The molecule has 0 atom stereocenters. The highest BCUT2D eigenvalue weighted by Gasteiger charge is 2.06. The molecule has 4 nitrogen and oxygen atoms in total. The van der Waals surface area contributed by atoms with Crippen LogP contribution >= 0.6 is 0 Å². The first-order chi connectivity index (χ1) is 8.85. The Morgan fingerprint density at radius 2 is 2.28 bits per heavy atom. The van der Waals surface area contributed by atoms with Crippen LogP contribution in [0.5, 0.6) is 0 Å². The zero-order chi connectivity index (χ0) is 12.8. The zero-order valence-corrected chi connectivity index (χ0v) is 10.1. The van der Waals surface area contributed by atoms with E-state index in [2.05, 4.69) is 9.98 Å². The van der Waals surface area contributed by atoms with Crippen molar-refractivity contribution >= 4 is 16.8 Å². The third-order valence-corrected chi connectivity index (χ3v) is 2.56. The number of hydrogen-bond donors (Lipinski definition) is 0. The average Bonchev–Trinajstić information content (AvgIpc) is 2.40. The van der Waals surface area contributed by atoms with E-state index in [1.165, 1.54) is 0 Å². The van der Waals surface area contributed by atoms with Crippen LogP contribution in [0.2, 0.25) is 0 Å². The van der Waals surface area contributed by atoms with Crippen LogP contribution in [0.4, 0.5) is 0 Å². The minimum Gasteiger partial charge on any atom is -0.480 e. The number of benzene rings is 1. The van der Waals surface area contributed by atoms with Crippen molar-refractivity contribution in [3.63, 3.8) is 0 Å². The second-order valence-corrected chi connectivity index (χ2v) is 3.70. The van der Waals surface area contributed by atoms with Crippen LogP contribution in [0.1, 0.15) is 12.5 Å². The van der Waals surface area contributed by atoms with Gasteiger partial charge in [-0.05, 0) is 24.6 Å². The number of rotatable bonds is 3. The molecule has 4 heteroatoms. The standard InChI is InChI=1S/C14H13N3O/c1-2-18-14(17-10-15)9-11-5-3-7-13-12(11)6-4-8-16-13/h3-8H,2,9H2,1H3/b17-14+. The molecule has 1 aromatic carbocycles. The fraction of sp³-hybridized carbons (Fsp3) is 0.214. The van der Waals surface area contributed by atoms with Gasteiger partial charge in [-0.15, -0.1) is 4.99 Å². The van der Waals surface area contributed by atoms with Crippen molar-refractivity contribution in [2.75, 3.05) is 6.61 Å². The number of aromatic nitrogens is 1. The van der Waals surface area contributed by atoms with E-state index in [1.54, 1.807) is 12.4 Å². The fourth-order valence-electron chi connectivity index (χ4n) is 1.83. The Morgan fingerprint density at radius 1 is 1.39 bits per heavy atom. The monoisotopic (exact) mass is 239 g/mol. The van der Waals surface area contributed by atoms with Gasteiger partial charge < -0.3 is 4.74 Å². The molecule has 0 aliphatic heterocycles. The first-order valence-electron chi connectivity index (χ1n) is 5.76. The molecule has 0 amide bonds. The van der Waals surface area contributed by atoms with Crippen LogP contribution in [0, 0.1) is 11.5 Å². The summed E-state index contributed by atoms with van der Waals surface area (Å²) in [7, 11) is 0. The molecule has 0 unspecified atom stereocenters. The number of hydrogen-bond acceptors (Lipinski definition) is 4. The molecule has 0 bridgehead atoms. The van der Waals surface area contributed by atoms with E-state index in [1.807, 2.05) is 37.3 Å². The maximum Gasteiger partial charge on any atom is 0.208 e. The molecule has 0 saturated heterocycles. The molecule has 0 radical (unpaired) electrons. The largest absolute Gasteiger partial charge is 0.480 e. The molecular weight excluding hydrogens is 226 g/mol. The molecule has 2 rings (SSSR count). The second-order valence-electron chi connectivity index (χ2n) is 3.70. The minimum atomic E-state index is 0.441. The Kier molecular flexibility index (Phi) is 3.87. The predicted octanol–water partition coefficient (Wildman–Crippen LogP) is 2.69. The van der Waals surface area contributed by atoms with Crippen molar-refractivity contribution in [2.45, 2.75) is 13.3 Å². The van der Waals surface area contributed by atoms with Crippen molar-refractivity contribution in [3.8, 4) is 6.19 Å². The normalized spacial score (nSPS) is 11.2. The molecule has 0 saturated carbocycles. The van der Waals surface area contributed by atoms with Gasteiger partial charge >= 0.3 is 0 Å². The maximum absolute atomic E-state index is 8.62. The van der Waals surface area contributed by atoms with Gasteiger partial charge in [-0.1, -0.05) is 18.2 Å². The van der Waals surface area contributed by atoms with Crippen LogP contribution < -0.4 is 0 Å². The first-order valence-corrected chi connectivity index (χ1v) is 5.76. The summed E-state index contributed by atoms with van der Waals surface area (Å²) in [5.41, 5.74) is 1.99. The van der Waals surface area contributed by atoms with Crippen molar-refractivity contribution in [1.82, 2.24) is 4.98 Å². The molecule has 90 valence electrons. The Morgan fingerprint density at radius 3 is 3.06 bits per heavy atom. The third kappa shape index (κ3) is 2.64. The number of pyridine rings is 1.